The summed E-state index contributed by atoms with van der Waals surface area (Å²) in [6.07, 6.45) is 1.70. The zero-order valence-corrected chi connectivity index (χ0v) is 11.8. The highest BCUT2D eigenvalue weighted by atomic mass is 19.4. The molecule has 3 rings (SSSR count). The fourth-order valence-electron chi connectivity index (χ4n) is 4.07. The second kappa shape index (κ2) is 5.81. The van der Waals surface area contributed by atoms with Crippen LogP contribution in [0.15, 0.2) is 0 Å². The molecule has 3 saturated heterocycles. The molecule has 0 unspecified atom stereocenters. The molecule has 3 aliphatic rings. The molecule has 0 aromatic carbocycles. The van der Waals surface area contributed by atoms with E-state index < -0.39 is 12.7 Å². The molecule has 1 N–H and O–H groups in total. The van der Waals surface area contributed by atoms with Crippen molar-refractivity contribution in [3.8, 4) is 0 Å². The van der Waals surface area contributed by atoms with Gasteiger partial charge in [0.15, 0.2) is 0 Å². The van der Waals surface area contributed by atoms with Gasteiger partial charge in [0.25, 0.3) is 0 Å². The van der Waals surface area contributed by atoms with Gasteiger partial charge in [0.05, 0.1) is 6.54 Å². The van der Waals surface area contributed by atoms with Gasteiger partial charge in [-0.15, -0.1) is 0 Å². The van der Waals surface area contributed by atoms with Gasteiger partial charge < -0.3 is 10.2 Å². The van der Waals surface area contributed by atoms with Crippen LogP contribution in [0.4, 0.5) is 13.2 Å². The van der Waals surface area contributed by atoms with Crippen LogP contribution in [-0.4, -0.2) is 66.8 Å². The number of nitrogens with zero attached hydrogens (tertiary/aromatic N) is 2. The lowest BCUT2D eigenvalue weighted by molar-refractivity contribution is -0.143. The summed E-state index contributed by atoms with van der Waals surface area (Å²) < 4.78 is 37.1. The lowest BCUT2D eigenvalue weighted by Crippen LogP contribution is -2.49. The second-order valence-corrected chi connectivity index (χ2v) is 6.56. The zero-order valence-electron chi connectivity index (χ0n) is 11.8. The van der Waals surface area contributed by atoms with E-state index in [1.165, 1.54) is 30.7 Å². The molecule has 0 saturated carbocycles. The molecule has 0 bridgehead atoms. The Balaban J connectivity index is 1.43. The van der Waals surface area contributed by atoms with E-state index in [0.29, 0.717) is 25.2 Å². The summed E-state index contributed by atoms with van der Waals surface area (Å²) in [4.78, 5) is 4.10. The van der Waals surface area contributed by atoms with Crippen LogP contribution in [0.25, 0.3) is 0 Å². The molecule has 0 amide bonds. The van der Waals surface area contributed by atoms with Gasteiger partial charge in [-0.1, -0.05) is 0 Å². The fraction of sp³-hybridized carbons (Fsp3) is 1.00. The quantitative estimate of drug-likeness (QED) is 0.856. The third-order valence-electron chi connectivity index (χ3n) is 4.97. The monoisotopic (exact) mass is 291 g/mol. The third kappa shape index (κ3) is 3.65. The van der Waals surface area contributed by atoms with Crippen LogP contribution in [-0.2, 0) is 0 Å². The molecular formula is C14H24F3N3. The molecule has 3 nitrogen and oxygen atoms in total. The van der Waals surface area contributed by atoms with Gasteiger partial charge in [0, 0.05) is 31.2 Å². The molecule has 20 heavy (non-hydrogen) atoms. The molecular weight excluding hydrogens is 267 g/mol. The second-order valence-electron chi connectivity index (χ2n) is 6.56. The van der Waals surface area contributed by atoms with E-state index in [0.717, 1.165) is 19.4 Å². The highest BCUT2D eigenvalue weighted by Crippen LogP contribution is 2.28. The van der Waals surface area contributed by atoms with Crippen molar-refractivity contribution in [1.29, 1.82) is 0 Å². The van der Waals surface area contributed by atoms with Gasteiger partial charge in [0.2, 0.25) is 0 Å². The van der Waals surface area contributed by atoms with Crippen molar-refractivity contribution in [3.63, 3.8) is 0 Å². The number of nitrogens with one attached hydrogen (secondary N) is 1. The van der Waals surface area contributed by atoms with Crippen molar-refractivity contribution < 1.29 is 13.2 Å². The zero-order chi connectivity index (χ0) is 14.2. The Kier molecular flexibility index (Phi) is 4.24. The molecule has 0 aromatic rings. The smallest absolute Gasteiger partial charge is 0.310 e. The first-order valence-electron chi connectivity index (χ1n) is 7.79. The summed E-state index contributed by atoms with van der Waals surface area (Å²) in [5.41, 5.74) is 0. The Hall–Kier alpha value is -0.330. The van der Waals surface area contributed by atoms with Gasteiger partial charge in [-0.2, -0.15) is 13.2 Å². The van der Waals surface area contributed by atoms with Gasteiger partial charge in [-0.05, 0) is 45.2 Å². The van der Waals surface area contributed by atoms with E-state index in [1.54, 1.807) is 0 Å². The largest absolute Gasteiger partial charge is 0.401 e. The van der Waals surface area contributed by atoms with Crippen LogP contribution in [0.3, 0.4) is 0 Å². The number of likely N-dealkylation sites (tertiary alicyclic amines) is 1. The minimum atomic E-state index is -4.07. The first kappa shape index (κ1) is 14.6. The summed E-state index contributed by atoms with van der Waals surface area (Å²) in [6.45, 7) is 2.75. The topological polar surface area (TPSA) is 18.5 Å². The molecule has 3 atom stereocenters. The number of halogens is 3. The van der Waals surface area contributed by atoms with Crippen molar-refractivity contribution in [2.75, 3.05) is 32.7 Å². The number of rotatable bonds is 3. The summed E-state index contributed by atoms with van der Waals surface area (Å²) in [7, 11) is 0. The number of fused-ring (bicyclic) bond motifs is 1. The van der Waals surface area contributed by atoms with Crippen molar-refractivity contribution in [2.24, 2.45) is 0 Å². The van der Waals surface area contributed by atoms with Crippen LogP contribution in [0, 0.1) is 0 Å². The van der Waals surface area contributed by atoms with Gasteiger partial charge in [-0.3, -0.25) is 4.90 Å². The van der Waals surface area contributed by atoms with E-state index >= 15 is 0 Å². The van der Waals surface area contributed by atoms with E-state index in [1.807, 2.05) is 0 Å². The summed E-state index contributed by atoms with van der Waals surface area (Å²) >= 11 is 0. The molecule has 3 heterocycles. The lowest BCUT2D eigenvalue weighted by Gasteiger charge is -2.36. The standard InChI is InChI=1S/C14H24F3N3/c15-14(16,17)10-19-6-3-12(9-19)18-11-4-7-20-5-1-2-13(20)8-11/h11-13,18H,1-10H2/t11-,12-,13+/m0/s1. The van der Waals surface area contributed by atoms with Crippen molar-refractivity contribution in [3.05, 3.63) is 0 Å². The van der Waals surface area contributed by atoms with Crippen molar-refractivity contribution in [2.45, 2.75) is 56.4 Å². The summed E-state index contributed by atoms with van der Waals surface area (Å²) in [5, 5.41) is 3.61. The predicted molar refractivity (Wildman–Crippen MR) is 71.7 cm³/mol. The Labute approximate surface area is 118 Å². The molecule has 0 aliphatic carbocycles. The fourth-order valence-corrected chi connectivity index (χ4v) is 4.07. The molecule has 0 spiro atoms. The maximum Gasteiger partial charge on any atom is 0.401 e. The minimum Gasteiger partial charge on any atom is -0.310 e. The molecule has 3 aliphatic heterocycles. The molecule has 6 heteroatoms. The SMILES string of the molecule is FC(F)(F)CN1CC[C@H](N[C@H]2CCN3CCC[C@@H]3C2)C1. The van der Waals surface area contributed by atoms with Crippen molar-refractivity contribution in [1.82, 2.24) is 15.1 Å². The predicted octanol–water partition coefficient (Wildman–Crippen LogP) is 1.84. The van der Waals surface area contributed by atoms with E-state index in [-0.39, 0.29) is 6.04 Å². The molecule has 116 valence electrons. The molecule has 0 aromatic heterocycles. The Bertz CT molecular complexity index is 334. The number of hydrogen-bond donors (Lipinski definition) is 1. The molecule has 0 radical (unpaired) electrons. The first-order valence-corrected chi connectivity index (χ1v) is 7.79. The van der Waals surface area contributed by atoms with Crippen LogP contribution in [0.2, 0.25) is 0 Å². The van der Waals surface area contributed by atoms with Gasteiger partial charge in [0.1, 0.15) is 0 Å². The van der Waals surface area contributed by atoms with E-state index in [4.69, 9.17) is 0 Å². The average molecular weight is 291 g/mol. The number of alkyl halides is 3. The van der Waals surface area contributed by atoms with Gasteiger partial charge in [-0.25, -0.2) is 0 Å². The van der Waals surface area contributed by atoms with Crippen LogP contribution in [0.5, 0.6) is 0 Å². The third-order valence-corrected chi connectivity index (χ3v) is 4.97. The lowest BCUT2D eigenvalue weighted by atomic mass is 9.97. The summed E-state index contributed by atoms with van der Waals surface area (Å²) in [5.74, 6) is 0. The van der Waals surface area contributed by atoms with Crippen LogP contribution < -0.4 is 5.32 Å². The average Bonchev–Trinajstić information content (AvgIpc) is 2.96. The maximum atomic E-state index is 12.4. The van der Waals surface area contributed by atoms with Crippen LogP contribution >= 0.6 is 0 Å². The van der Waals surface area contributed by atoms with E-state index in [9.17, 15) is 13.2 Å². The first-order chi connectivity index (χ1) is 9.49. The Morgan fingerprint density at radius 3 is 2.60 bits per heavy atom. The molecule has 3 fully saturated rings. The van der Waals surface area contributed by atoms with Crippen LogP contribution in [0.1, 0.15) is 32.1 Å². The highest BCUT2D eigenvalue weighted by molar-refractivity contribution is 4.92. The number of piperidine rings is 1. The van der Waals surface area contributed by atoms with Crippen molar-refractivity contribution >= 4 is 0 Å². The normalized spacial score (nSPS) is 36.5. The van der Waals surface area contributed by atoms with Gasteiger partial charge >= 0.3 is 6.18 Å². The Morgan fingerprint density at radius 2 is 1.80 bits per heavy atom. The number of hydrogen-bond acceptors (Lipinski definition) is 3. The maximum absolute atomic E-state index is 12.4. The summed E-state index contributed by atoms with van der Waals surface area (Å²) in [6, 6.07) is 1.47. The highest BCUT2D eigenvalue weighted by Gasteiger charge is 2.36. The van der Waals surface area contributed by atoms with E-state index in [2.05, 4.69) is 10.2 Å². The minimum absolute atomic E-state index is 0.246. The Morgan fingerprint density at radius 1 is 1.00 bits per heavy atom.